The maximum Gasteiger partial charge on any atom is 0.445 e. The van der Waals surface area contributed by atoms with Crippen LogP contribution in [-0.4, -0.2) is 25.9 Å². The molecule has 1 aliphatic rings. The fourth-order valence-electron chi connectivity index (χ4n) is 2.20. The van der Waals surface area contributed by atoms with E-state index in [-0.39, 0.29) is 5.13 Å². The summed E-state index contributed by atoms with van der Waals surface area (Å²) in [6.07, 6.45) is -2.51. The van der Waals surface area contributed by atoms with Crippen LogP contribution in [0.4, 0.5) is 18.3 Å². The second kappa shape index (κ2) is 5.54. The molecule has 1 saturated carbocycles. The number of halogens is 3. The number of carbonyl (C=O) groups is 1. The Balaban J connectivity index is 1.85. The molecule has 0 saturated heterocycles. The minimum Gasteiger partial charge on any atom is -0.295 e. The van der Waals surface area contributed by atoms with Crippen molar-refractivity contribution < 1.29 is 18.0 Å². The summed E-state index contributed by atoms with van der Waals surface area (Å²) in [6, 6.07) is 1.70. The van der Waals surface area contributed by atoms with Crippen LogP contribution in [0.2, 0.25) is 0 Å². The van der Waals surface area contributed by atoms with E-state index in [1.54, 1.807) is 10.7 Å². The third-order valence-corrected chi connectivity index (χ3v) is 4.36. The van der Waals surface area contributed by atoms with Crippen LogP contribution in [0.5, 0.6) is 0 Å². The van der Waals surface area contributed by atoms with E-state index in [1.165, 1.54) is 0 Å². The molecular weight excluding hydrogens is 343 g/mol. The highest BCUT2D eigenvalue weighted by atomic mass is 32.1. The van der Waals surface area contributed by atoms with Gasteiger partial charge in [-0.15, -0.1) is 10.2 Å². The van der Waals surface area contributed by atoms with Gasteiger partial charge in [0.1, 0.15) is 5.69 Å². The van der Waals surface area contributed by atoms with Crippen molar-refractivity contribution in [2.75, 3.05) is 5.32 Å². The highest BCUT2D eigenvalue weighted by molar-refractivity contribution is 7.15. The van der Waals surface area contributed by atoms with E-state index < -0.39 is 22.6 Å². The molecule has 0 atom stereocenters. The average molecular weight is 359 g/mol. The molecule has 1 aliphatic carbocycles. The second-order valence-corrected chi connectivity index (χ2v) is 7.65. The molecular formula is C14H16F3N5OS. The number of rotatable bonds is 3. The maximum atomic E-state index is 12.6. The number of hydrogen-bond donors (Lipinski definition) is 1. The van der Waals surface area contributed by atoms with Gasteiger partial charge in [0.25, 0.3) is 5.91 Å². The molecule has 2 aromatic heterocycles. The third kappa shape index (κ3) is 3.42. The standard InChI is InChI=1S/C14H16F3N5OS/c1-13(2,3)22-9(6-8(21-22)7-4-5-7)10(23)18-12-20-19-11(24-12)14(15,16)17/h6-7H,4-5H2,1-3H3,(H,18,20,23). The molecule has 0 spiro atoms. The van der Waals surface area contributed by atoms with Crippen LogP contribution < -0.4 is 5.32 Å². The van der Waals surface area contributed by atoms with Crippen molar-refractivity contribution in [3.8, 4) is 0 Å². The first-order valence-electron chi connectivity index (χ1n) is 7.38. The van der Waals surface area contributed by atoms with Crippen LogP contribution >= 0.6 is 11.3 Å². The molecule has 0 unspecified atom stereocenters. The second-order valence-electron chi connectivity index (χ2n) is 6.68. The molecule has 0 aliphatic heterocycles. The number of amides is 1. The first-order chi connectivity index (χ1) is 11.1. The van der Waals surface area contributed by atoms with Crippen LogP contribution in [0.3, 0.4) is 0 Å². The predicted octanol–water partition coefficient (Wildman–Crippen LogP) is 3.64. The number of hydrogen-bond acceptors (Lipinski definition) is 5. The zero-order chi connectivity index (χ0) is 17.7. The molecule has 1 amide bonds. The van der Waals surface area contributed by atoms with Crippen molar-refractivity contribution in [1.82, 2.24) is 20.0 Å². The first-order valence-corrected chi connectivity index (χ1v) is 8.20. The van der Waals surface area contributed by atoms with E-state index in [1.807, 2.05) is 20.8 Å². The van der Waals surface area contributed by atoms with Gasteiger partial charge < -0.3 is 0 Å². The summed E-state index contributed by atoms with van der Waals surface area (Å²) in [7, 11) is 0. The maximum absolute atomic E-state index is 12.6. The van der Waals surface area contributed by atoms with E-state index in [9.17, 15) is 18.0 Å². The number of nitrogens with zero attached hydrogens (tertiary/aromatic N) is 4. The van der Waals surface area contributed by atoms with E-state index in [2.05, 4.69) is 20.6 Å². The highest BCUT2D eigenvalue weighted by Crippen LogP contribution is 2.40. The van der Waals surface area contributed by atoms with Gasteiger partial charge in [-0.1, -0.05) is 11.3 Å². The Hall–Kier alpha value is -1.97. The molecule has 1 fully saturated rings. The van der Waals surface area contributed by atoms with Gasteiger partial charge in [0, 0.05) is 5.92 Å². The Morgan fingerprint density at radius 1 is 1.29 bits per heavy atom. The van der Waals surface area contributed by atoms with Gasteiger partial charge in [0.05, 0.1) is 11.2 Å². The highest BCUT2D eigenvalue weighted by Gasteiger charge is 2.36. The summed E-state index contributed by atoms with van der Waals surface area (Å²) >= 11 is 0.293. The van der Waals surface area contributed by atoms with Gasteiger partial charge in [-0.25, -0.2) is 0 Å². The van der Waals surface area contributed by atoms with E-state index in [0.717, 1.165) is 18.5 Å². The van der Waals surface area contributed by atoms with Crippen LogP contribution in [0.1, 0.15) is 60.7 Å². The molecule has 0 aromatic carbocycles. The fraction of sp³-hybridized carbons (Fsp3) is 0.571. The normalized spacial score (nSPS) is 15.6. The molecule has 130 valence electrons. The Labute approximate surface area is 140 Å². The Kier molecular flexibility index (Phi) is 3.89. The van der Waals surface area contributed by atoms with E-state index in [0.29, 0.717) is 22.9 Å². The molecule has 0 bridgehead atoms. The lowest BCUT2D eigenvalue weighted by atomic mass is 10.1. The molecule has 2 heterocycles. The molecule has 24 heavy (non-hydrogen) atoms. The molecule has 10 heteroatoms. The number of aromatic nitrogens is 4. The minimum atomic E-state index is -4.58. The van der Waals surface area contributed by atoms with Crippen molar-refractivity contribution in [3.63, 3.8) is 0 Å². The smallest absolute Gasteiger partial charge is 0.295 e. The van der Waals surface area contributed by atoms with Crippen LogP contribution in [0.15, 0.2) is 6.07 Å². The zero-order valence-corrected chi connectivity index (χ0v) is 14.1. The van der Waals surface area contributed by atoms with Gasteiger partial charge in [-0.2, -0.15) is 18.3 Å². The third-order valence-electron chi connectivity index (χ3n) is 3.48. The summed E-state index contributed by atoms with van der Waals surface area (Å²) in [6.45, 7) is 5.71. The molecule has 0 radical (unpaired) electrons. The molecule has 2 aromatic rings. The molecule has 1 N–H and O–H groups in total. The summed E-state index contributed by atoms with van der Waals surface area (Å²) in [4.78, 5) is 12.5. The minimum absolute atomic E-state index is 0.193. The van der Waals surface area contributed by atoms with E-state index in [4.69, 9.17) is 0 Å². The van der Waals surface area contributed by atoms with Crippen molar-refractivity contribution >= 4 is 22.4 Å². The Morgan fingerprint density at radius 2 is 1.96 bits per heavy atom. The average Bonchev–Trinajstić information content (AvgIpc) is 2.99. The van der Waals surface area contributed by atoms with Crippen LogP contribution in [-0.2, 0) is 11.7 Å². The summed E-state index contributed by atoms with van der Waals surface area (Å²) in [5.74, 6) is -0.187. The quantitative estimate of drug-likeness (QED) is 0.908. The monoisotopic (exact) mass is 359 g/mol. The topological polar surface area (TPSA) is 72.7 Å². The van der Waals surface area contributed by atoms with Gasteiger partial charge in [-0.05, 0) is 39.7 Å². The van der Waals surface area contributed by atoms with Crippen LogP contribution in [0, 0.1) is 0 Å². The van der Waals surface area contributed by atoms with Crippen molar-refractivity contribution in [2.24, 2.45) is 0 Å². The lowest BCUT2D eigenvalue weighted by molar-refractivity contribution is -0.138. The lowest BCUT2D eigenvalue weighted by Crippen LogP contribution is -2.29. The number of nitrogens with one attached hydrogen (secondary N) is 1. The fourth-order valence-corrected chi connectivity index (χ4v) is 2.81. The summed E-state index contributed by atoms with van der Waals surface area (Å²) in [5.41, 5.74) is 0.703. The predicted molar refractivity (Wildman–Crippen MR) is 82.1 cm³/mol. The first kappa shape index (κ1) is 16.9. The van der Waals surface area contributed by atoms with Gasteiger partial charge in [0.2, 0.25) is 10.1 Å². The van der Waals surface area contributed by atoms with Gasteiger partial charge in [0.15, 0.2) is 0 Å². The van der Waals surface area contributed by atoms with Crippen LogP contribution in [0.25, 0.3) is 0 Å². The summed E-state index contributed by atoms with van der Waals surface area (Å²) < 4.78 is 39.3. The van der Waals surface area contributed by atoms with Crippen molar-refractivity contribution in [3.05, 3.63) is 22.5 Å². The van der Waals surface area contributed by atoms with E-state index >= 15 is 0 Å². The van der Waals surface area contributed by atoms with Crippen molar-refractivity contribution in [2.45, 2.75) is 51.2 Å². The van der Waals surface area contributed by atoms with Gasteiger partial charge in [-0.3, -0.25) is 14.8 Å². The number of carbonyl (C=O) groups excluding carboxylic acids is 1. The molecule has 6 nitrogen and oxygen atoms in total. The Morgan fingerprint density at radius 3 is 2.46 bits per heavy atom. The number of alkyl halides is 3. The zero-order valence-electron chi connectivity index (χ0n) is 13.3. The molecule has 3 rings (SSSR count). The van der Waals surface area contributed by atoms with Gasteiger partial charge >= 0.3 is 6.18 Å². The largest absolute Gasteiger partial charge is 0.445 e. The number of anilines is 1. The SMILES string of the molecule is CC(C)(C)n1nc(C2CC2)cc1C(=O)Nc1nnc(C(F)(F)F)s1. The lowest BCUT2D eigenvalue weighted by Gasteiger charge is -2.21. The van der Waals surface area contributed by atoms with Crippen molar-refractivity contribution in [1.29, 1.82) is 0 Å². The Bertz CT molecular complexity index is 770. The summed E-state index contributed by atoms with van der Waals surface area (Å²) in [5, 5.41) is 12.0.